The van der Waals surface area contributed by atoms with E-state index in [1.54, 1.807) is 0 Å². The zero-order valence-electron chi connectivity index (χ0n) is 9.65. The molecule has 0 aromatic heterocycles. The lowest BCUT2D eigenvalue weighted by Gasteiger charge is -2.15. The van der Waals surface area contributed by atoms with Gasteiger partial charge in [-0.05, 0) is 37.6 Å². The van der Waals surface area contributed by atoms with Crippen LogP contribution in [0.1, 0.15) is 32.1 Å². The first-order valence-corrected chi connectivity index (χ1v) is 7.81. The first-order chi connectivity index (χ1) is 7.73. The van der Waals surface area contributed by atoms with Crippen molar-refractivity contribution in [1.82, 2.24) is 0 Å². The minimum atomic E-state index is -0.635. The third-order valence-electron chi connectivity index (χ3n) is 3.78. The Morgan fingerprint density at radius 3 is 2.56 bits per heavy atom. The van der Waals surface area contributed by atoms with Gasteiger partial charge in [0, 0.05) is 6.61 Å². The summed E-state index contributed by atoms with van der Waals surface area (Å²) in [5.41, 5.74) is -0.454. The molecule has 0 amide bonds. The van der Waals surface area contributed by atoms with Gasteiger partial charge in [-0.25, -0.2) is 0 Å². The van der Waals surface area contributed by atoms with Gasteiger partial charge in [-0.3, -0.25) is 4.79 Å². The SMILES string of the molecule is C1CC[SiH2]OC1.O=C(O)C12C=CC(CC1)C2. The molecule has 0 spiro atoms. The first kappa shape index (κ1) is 11.9. The normalized spacial score (nSPS) is 37.1. The van der Waals surface area contributed by atoms with Crippen molar-refractivity contribution in [3.05, 3.63) is 12.2 Å². The molecule has 16 heavy (non-hydrogen) atoms. The molecule has 3 rings (SSSR count). The molecule has 1 saturated heterocycles. The maximum absolute atomic E-state index is 10.7. The summed E-state index contributed by atoms with van der Waals surface area (Å²) in [6, 6.07) is 1.42. The van der Waals surface area contributed by atoms with Crippen LogP contribution in [0.4, 0.5) is 0 Å². The van der Waals surface area contributed by atoms with Gasteiger partial charge < -0.3 is 9.53 Å². The van der Waals surface area contributed by atoms with E-state index < -0.39 is 11.4 Å². The standard InChI is InChI=1S/C8H10O2.C4H10OSi/c9-7(10)8-3-1-6(5-8)2-4-8;1-2-4-6-5-3-1/h1,3,6H,2,4-5H2,(H,9,10);1-4,6H2. The number of hydrogen-bond donors (Lipinski definition) is 1. The predicted octanol–water partition coefficient (Wildman–Crippen LogP) is 1.73. The molecular weight excluding hydrogens is 220 g/mol. The van der Waals surface area contributed by atoms with Crippen LogP contribution in [0.2, 0.25) is 6.04 Å². The highest BCUT2D eigenvalue weighted by molar-refractivity contribution is 6.27. The summed E-state index contributed by atoms with van der Waals surface area (Å²) in [4.78, 5) is 10.7. The molecular formula is C12H20O3Si. The first-order valence-electron chi connectivity index (χ1n) is 6.23. The molecule has 2 bridgehead atoms. The molecule has 1 saturated carbocycles. The molecule has 0 radical (unpaired) electrons. The van der Waals surface area contributed by atoms with E-state index in [1.165, 1.54) is 18.9 Å². The van der Waals surface area contributed by atoms with Crippen molar-refractivity contribution in [2.45, 2.75) is 38.1 Å². The molecule has 3 aliphatic rings. The highest BCUT2D eigenvalue weighted by Crippen LogP contribution is 2.49. The predicted molar refractivity (Wildman–Crippen MR) is 65.1 cm³/mol. The Hall–Kier alpha value is -0.613. The highest BCUT2D eigenvalue weighted by Gasteiger charge is 2.46. The Morgan fingerprint density at radius 1 is 1.50 bits per heavy atom. The molecule has 1 heterocycles. The second-order valence-corrected chi connectivity index (χ2v) is 6.52. The van der Waals surface area contributed by atoms with Gasteiger partial charge in [0.25, 0.3) is 0 Å². The van der Waals surface area contributed by atoms with Crippen molar-refractivity contribution < 1.29 is 14.3 Å². The van der Waals surface area contributed by atoms with Gasteiger partial charge in [-0.2, -0.15) is 0 Å². The van der Waals surface area contributed by atoms with Crippen LogP contribution in [-0.4, -0.2) is 27.4 Å². The maximum Gasteiger partial charge on any atom is 0.313 e. The van der Waals surface area contributed by atoms with E-state index >= 15 is 0 Å². The third kappa shape index (κ3) is 2.55. The summed E-state index contributed by atoms with van der Waals surface area (Å²) in [6.07, 6.45) is 9.45. The minimum Gasteiger partial charge on any atom is -0.481 e. The van der Waals surface area contributed by atoms with Gasteiger partial charge in [0.05, 0.1) is 5.41 Å². The van der Waals surface area contributed by atoms with Crippen molar-refractivity contribution >= 4 is 15.7 Å². The molecule has 2 atom stereocenters. The zero-order chi connectivity index (χ0) is 11.4. The van der Waals surface area contributed by atoms with E-state index in [0.29, 0.717) is 5.92 Å². The van der Waals surface area contributed by atoms with Crippen molar-refractivity contribution in [1.29, 1.82) is 0 Å². The molecule has 0 aromatic carbocycles. The van der Waals surface area contributed by atoms with Crippen LogP contribution in [-0.2, 0) is 9.22 Å². The van der Waals surface area contributed by atoms with E-state index in [1.807, 2.05) is 6.08 Å². The van der Waals surface area contributed by atoms with E-state index in [4.69, 9.17) is 9.53 Å². The Kier molecular flexibility index (Phi) is 3.81. The van der Waals surface area contributed by atoms with E-state index in [-0.39, 0.29) is 9.76 Å². The number of aliphatic carboxylic acids is 1. The number of carbonyl (C=O) groups is 1. The van der Waals surface area contributed by atoms with Crippen LogP contribution in [0.25, 0.3) is 0 Å². The monoisotopic (exact) mass is 240 g/mol. The smallest absolute Gasteiger partial charge is 0.313 e. The molecule has 3 nitrogen and oxygen atoms in total. The Morgan fingerprint density at radius 2 is 2.38 bits per heavy atom. The van der Waals surface area contributed by atoms with Crippen LogP contribution in [0.15, 0.2) is 12.2 Å². The third-order valence-corrected chi connectivity index (χ3v) is 5.14. The quantitative estimate of drug-likeness (QED) is 0.561. The fraction of sp³-hybridized carbons (Fsp3) is 0.750. The summed E-state index contributed by atoms with van der Waals surface area (Å²) >= 11 is 0. The Balaban J connectivity index is 0.000000138. The van der Waals surface area contributed by atoms with Crippen molar-refractivity contribution in [3.8, 4) is 0 Å². The Labute approximate surface area is 98.8 Å². The van der Waals surface area contributed by atoms with E-state index in [9.17, 15) is 4.79 Å². The topological polar surface area (TPSA) is 46.5 Å². The second-order valence-electron chi connectivity index (χ2n) is 5.00. The fourth-order valence-electron chi connectivity index (χ4n) is 2.70. The van der Waals surface area contributed by atoms with E-state index in [0.717, 1.165) is 25.9 Å². The van der Waals surface area contributed by atoms with Crippen LogP contribution in [0.5, 0.6) is 0 Å². The highest BCUT2D eigenvalue weighted by atomic mass is 28.2. The molecule has 2 fully saturated rings. The summed E-state index contributed by atoms with van der Waals surface area (Å²) in [5, 5.41) is 8.84. The van der Waals surface area contributed by atoms with Gasteiger partial charge in [0.2, 0.25) is 0 Å². The van der Waals surface area contributed by atoms with Crippen molar-refractivity contribution in [2.75, 3.05) is 6.61 Å². The molecule has 1 N–H and O–H groups in total. The second kappa shape index (κ2) is 5.14. The molecule has 2 aliphatic carbocycles. The van der Waals surface area contributed by atoms with Crippen LogP contribution < -0.4 is 0 Å². The molecule has 1 aliphatic heterocycles. The van der Waals surface area contributed by atoms with Gasteiger partial charge >= 0.3 is 5.97 Å². The summed E-state index contributed by atoms with van der Waals surface area (Å²) in [7, 11) is 0.00849. The van der Waals surface area contributed by atoms with Crippen LogP contribution in [0.3, 0.4) is 0 Å². The number of carboxylic acids is 1. The lowest BCUT2D eigenvalue weighted by molar-refractivity contribution is -0.145. The zero-order valence-corrected chi connectivity index (χ0v) is 11.1. The average Bonchev–Trinajstić information content (AvgIpc) is 2.93. The summed E-state index contributed by atoms with van der Waals surface area (Å²) in [5.74, 6) is -0.0696. The summed E-state index contributed by atoms with van der Waals surface area (Å²) < 4.78 is 5.21. The minimum absolute atomic E-state index is 0.00849. The van der Waals surface area contributed by atoms with E-state index in [2.05, 4.69) is 6.08 Å². The van der Waals surface area contributed by atoms with Gasteiger partial charge in [-0.1, -0.05) is 18.6 Å². The largest absolute Gasteiger partial charge is 0.481 e. The average molecular weight is 240 g/mol. The van der Waals surface area contributed by atoms with Crippen LogP contribution >= 0.6 is 0 Å². The summed E-state index contributed by atoms with van der Waals surface area (Å²) in [6.45, 7) is 1.06. The number of hydrogen-bond acceptors (Lipinski definition) is 2. The fourth-order valence-corrected chi connectivity index (χ4v) is 3.87. The number of fused-ring (bicyclic) bond motifs is 2. The molecule has 90 valence electrons. The molecule has 0 aromatic rings. The van der Waals surface area contributed by atoms with Gasteiger partial charge in [0.1, 0.15) is 0 Å². The molecule has 4 heteroatoms. The number of allylic oxidation sites excluding steroid dienone is 1. The van der Waals surface area contributed by atoms with Crippen molar-refractivity contribution in [2.24, 2.45) is 11.3 Å². The van der Waals surface area contributed by atoms with Crippen LogP contribution in [0, 0.1) is 11.3 Å². The number of carboxylic acid groups (broad SMARTS) is 1. The lowest BCUT2D eigenvalue weighted by atomic mass is 9.88. The maximum atomic E-state index is 10.7. The number of rotatable bonds is 1. The lowest BCUT2D eigenvalue weighted by Crippen LogP contribution is -2.23. The Bertz CT molecular complexity index is 274. The van der Waals surface area contributed by atoms with Crippen molar-refractivity contribution in [3.63, 3.8) is 0 Å². The van der Waals surface area contributed by atoms with Gasteiger partial charge in [0.15, 0.2) is 9.76 Å². The molecule has 2 unspecified atom stereocenters. The van der Waals surface area contributed by atoms with Gasteiger partial charge in [-0.15, -0.1) is 0 Å².